The molecule has 0 radical (unpaired) electrons. The van der Waals surface area contributed by atoms with E-state index in [0.717, 1.165) is 64.2 Å². The van der Waals surface area contributed by atoms with Crippen molar-refractivity contribution < 1.29 is 37.5 Å². The van der Waals surface area contributed by atoms with Crippen LogP contribution in [0.2, 0.25) is 0 Å². The van der Waals surface area contributed by atoms with Crippen molar-refractivity contribution in [3.8, 4) is 11.4 Å². The van der Waals surface area contributed by atoms with Crippen molar-refractivity contribution in [3.05, 3.63) is 59.2 Å². The molecule has 66 heavy (non-hydrogen) atoms. The molecule has 16 heteroatoms. The Labute approximate surface area is 384 Å². The number of β-amino-alcohol motifs (C(OH)–C–C–N with tert-alkyl or cyclic N) is 1. The Morgan fingerprint density at radius 3 is 1.82 bits per heavy atom. The zero-order chi connectivity index (χ0) is 46.8. The lowest BCUT2D eigenvalue weighted by atomic mass is 9.83. The fourth-order valence-electron chi connectivity index (χ4n) is 11.3. The minimum atomic E-state index is -1.32. The molecule has 13 nitrogen and oxygen atoms in total. The van der Waals surface area contributed by atoms with E-state index in [2.05, 4.69) is 31.2 Å². The van der Waals surface area contributed by atoms with Crippen LogP contribution in [0.1, 0.15) is 102 Å². The zero-order valence-corrected chi connectivity index (χ0v) is 38.7. The predicted molar refractivity (Wildman–Crippen MR) is 248 cm³/mol. The number of aliphatic hydroxyl groups is 1. The number of aromatic nitrogens is 2. The van der Waals surface area contributed by atoms with Crippen molar-refractivity contribution in [1.82, 2.24) is 41.0 Å². The van der Waals surface area contributed by atoms with Gasteiger partial charge in [0.1, 0.15) is 29.9 Å². The van der Waals surface area contributed by atoms with Gasteiger partial charge in [-0.3, -0.25) is 19.2 Å². The number of carbonyl (C=O) groups excluding carboxylic acids is 4. The van der Waals surface area contributed by atoms with Crippen molar-refractivity contribution in [2.24, 2.45) is 11.8 Å². The number of aromatic amines is 2. The van der Waals surface area contributed by atoms with E-state index in [1.165, 1.54) is 18.2 Å². The predicted octanol–water partition coefficient (Wildman–Crippen LogP) is 5.93. The number of nitrogens with one attached hydrogen (secondary N) is 6. The van der Waals surface area contributed by atoms with E-state index < -0.39 is 60.2 Å². The van der Waals surface area contributed by atoms with Crippen molar-refractivity contribution in [1.29, 1.82) is 0 Å². The molecule has 7 N–H and O–H groups in total. The first-order valence-corrected chi connectivity index (χ1v) is 24.2. The minimum absolute atomic E-state index is 0.0499. The van der Waals surface area contributed by atoms with Crippen LogP contribution in [0.5, 0.6) is 0 Å². The Morgan fingerprint density at radius 2 is 1.24 bits per heavy atom. The van der Waals surface area contributed by atoms with Crippen LogP contribution in [0.4, 0.5) is 13.2 Å². The summed E-state index contributed by atoms with van der Waals surface area (Å²) in [6.45, 7) is 3.40. The molecule has 2 aliphatic heterocycles. The second-order valence-corrected chi connectivity index (χ2v) is 19.5. The van der Waals surface area contributed by atoms with Crippen LogP contribution < -0.4 is 21.3 Å². The van der Waals surface area contributed by atoms with Gasteiger partial charge in [-0.2, -0.15) is 0 Å². The molecule has 2 saturated carbocycles. The summed E-state index contributed by atoms with van der Waals surface area (Å²) >= 11 is 0. The van der Waals surface area contributed by atoms with Gasteiger partial charge in [-0.1, -0.05) is 50.7 Å². The number of likely N-dealkylation sites (N-methyl/N-ethyl adjacent to an activating group) is 2. The summed E-state index contributed by atoms with van der Waals surface area (Å²) in [7, 11) is 3.37. The van der Waals surface area contributed by atoms with E-state index in [1.807, 2.05) is 0 Å². The van der Waals surface area contributed by atoms with Crippen LogP contribution in [-0.2, 0) is 32.0 Å². The standard InChI is InChI=1S/C50H67F3N8O5/c1-27(54-3)47(63)58-42(29-12-7-5-8-13-29)49(65)60-25-32(52)20-33(60)23-38-36-19-18-31(51)21-41(36)56-45(38)46-39(37-16-11-17-40(53)44(37)57-46)24-34-22-35(62)26-61(34)50(66)43(30-14-9-6-10-15-30)59-48(64)28(2)55-4/h11,16-19,21,27-30,32-35,42-43,54-57,62H,5-10,12-15,20,22-26H2,1-4H3,(H,58,63)(H,59,64)/t27-,28-,32-,33-,34-,35-,42-,43-/m0/s1. The molecule has 4 heterocycles. The number of rotatable bonds is 15. The number of fused-ring (bicyclic) bond motifs is 2. The average molecular weight is 917 g/mol. The Kier molecular flexibility index (Phi) is 14.8. The molecule has 2 saturated heterocycles. The summed E-state index contributed by atoms with van der Waals surface area (Å²) in [6, 6.07) is 5.32. The first kappa shape index (κ1) is 47.6. The third-order valence-electron chi connectivity index (χ3n) is 15.2. The quantitative estimate of drug-likeness (QED) is 0.0775. The Morgan fingerprint density at radius 1 is 0.712 bits per heavy atom. The van der Waals surface area contributed by atoms with Crippen LogP contribution in [0.3, 0.4) is 0 Å². The molecule has 0 bridgehead atoms. The highest BCUT2D eigenvalue weighted by molar-refractivity contribution is 5.97. The molecule has 2 aliphatic carbocycles. The molecule has 4 amide bonds. The normalized spacial score (nSPS) is 23.9. The number of halogens is 3. The van der Waals surface area contributed by atoms with Crippen LogP contribution in [0.15, 0.2) is 36.4 Å². The number of aliphatic hydroxyl groups excluding tert-OH is 1. The van der Waals surface area contributed by atoms with E-state index in [1.54, 1.807) is 55.9 Å². The van der Waals surface area contributed by atoms with Gasteiger partial charge in [0.15, 0.2) is 0 Å². The first-order chi connectivity index (χ1) is 31.8. The summed E-state index contributed by atoms with van der Waals surface area (Å²) in [5, 5.41) is 24.4. The van der Waals surface area contributed by atoms with Gasteiger partial charge in [-0.25, -0.2) is 13.2 Å². The summed E-state index contributed by atoms with van der Waals surface area (Å²) in [5.41, 5.74) is 3.04. The number of carbonyl (C=O) groups is 4. The molecular weight excluding hydrogens is 850 g/mol. The van der Waals surface area contributed by atoms with Crippen LogP contribution >= 0.6 is 0 Å². The maximum atomic E-state index is 15.9. The molecular formula is C50H67F3N8O5. The first-order valence-electron chi connectivity index (χ1n) is 24.2. The maximum Gasteiger partial charge on any atom is 0.245 e. The number of benzene rings is 2. The van der Waals surface area contributed by atoms with Crippen LogP contribution in [-0.4, -0.2) is 124 Å². The van der Waals surface area contributed by atoms with Crippen molar-refractivity contribution in [2.75, 3.05) is 27.2 Å². The van der Waals surface area contributed by atoms with Crippen molar-refractivity contribution in [3.63, 3.8) is 0 Å². The lowest BCUT2D eigenvalue weighted by Crippen LogP contribution is -2.56. The van der Waals surface area contributed by atoms with Gasteiger partial charge >= 0.3 is 0 Å². The molecule has 8 atom stereocenters. The molecule has 0 unspecified atom stereocenters. The lowest BCUT2D eigenvalue weighted by Gasteiger charge is -2.35. The van der Waals surface area contributed by atoms with Crippen molar-refractivity contribution >= 4 is 45.4 Å². The molecule has 2 aromatic carbocycles. The topological polar surface area (TPSA) is 175 Å². The molecule has 2 aromatic heterocycles. The summed E-state index contributed by atoms with van der Waals surface area (Å²) in [6.07, 6.45) is 7.52. The third kappa shape index (κ3) is 9.87. The summed E-state index contributed by atoms with van der Waals surface area (Å²) in [5.74, 6) is -2.32. The number of nitrogens with zero attached hydrogens (tertiary/aromatic N) is 2. The molecule has 4 fully saturated rings. The van der Waals surface area contributed by atoms with E-state index in [4.69, 9.17) is 0 Å². The number of hydrogen-bond acceptors (Lipinski definition) is 7. The zero-order valence-electron chi connectivity index (χ0n) is 38.7. The van der Waals surface area contributed by atoms with E-state index in [-0.39, 0.29) is 79.8 Å². The van der Waals surface area contributed by atoms with Crippen LogP contribution in [0, 0.1) is 23.5 Å². The van der Waals surface area contributed by atoms with E-state index in [9.17, 15) is 24.3 Å². The van der Waals surface area contributed by atoms with E-state index >= 15 is 13.2 Å². The lowest BCUT2D eigenvalue weighted by molar-refractivity contribution is -0.139. The Balaban J connectivity index is 1.17. The smallest absolute Gasteiger partial charge is 0.245 e. The molecule has 0 spiro atoms. The van der Waals surface area contributed by atoms with Gasteiger partial charge in [-0.15, -0.1) is 0 Å². The van der Waals surface area contributed by atoms with Gasteiger partial charge in [0.2, 0.25) is 23.6 Å². The highest BCUT2D eigenvalue weighted by Crippen LogP contribution is 2.41. The number of H-pyrrole nitrogens is 2. The SMILES string of the molecule is CN[C@@H](C)C(=O)N[C@H](C(=O)N1C[C@@H](O)C[C@H]1Cc1c(-c2[nH]c3cc(F)ccc3c2C[C@@H]2C[C@H](F)CN2C(=O)[C@@H](NC(=O)[C@H](C)NC)C2CCCCC2)[nH]c2c(F)cccc12)C1CCCCC1. The largest absolute Gasteiger partial charge is 0.391 e. The van der Waals surface area contributed by atoms with Gasteiger partial charge in [-0.05, 0) is 120 Å². The fraction of sp³-hybridized carbons (Fsp3) is 0.600. The average Bonchev–Trinajstić information content (AvgIpc) is 4.09. The Bertz CT molecular complexity index is 2390. The van der Waals surface area contributed by atoms with Gasteiger partial charge < -0.3 is 46.1 Å². The molecule has 8 rings (SSSR count). The minimum Gasteiger partial charge on any atom is -0.391 e. The van der Waals surface area contributed by atoms with Gasteiger partial charge in [0, 0.05) is 41.3 Å². The third-order valence-corrected chi connectivity index (χ3v) is 15.2. The number of para-hydroxylation sites is 1. The Hall–Kier alpha value is -4.93. The fourth-order valence-corrected chi connectivity index (χ4v) is 11.3. The van der Waals surface area contributed by atoms with Gasteiger partial charge in [0.05, 0.1) is 41.6 Å². The number of alkyl halides is 1. The second-order valence-electron chi connectivity index (χ2n) is 19.5. The number of likely N-dealkylation sites (tertiary alicyclic amines) is 2. The molecule has 4 aliphatic rings. The summed E-state index contributed by atoms with van der Waals surface area (Å²) in [4.78, 5) is 66.2. The highest BCUT2D eigenvalue weighted by atomic mass is 19.1. The number of hydrogen-bond donors (Lipinski definition) is 7. The molecule has 358 valence electrons. The summed E-state index contributed by atoms with van der Waals surface area (Å²) < 4.78 is 46.7. The second kappa shape index (κ2) is 20.5. The monoisotopic (exact) mass is 917 g/mol. The molecule has 4 aromatic rings. The van der Waals surface area contributed by atoms with Crippen LogP contribution in [0.25, 0.3) is 33.2 Å². The van der Waals surface area contributed by atoms with E-state index in [0.29, 0.717) is 38.8 Å². The number of amides is 4. The van der Waals surface area contributed by atoms with Crippen molar-refractivity contribution in [2.45, 2.75) is 152 Å². The highest BCUT2D eigenvalue weighted by Gasteiger charge is 2.44. The van der Waals surface area contributed by atoms with Gasteiger partial charge in [0.25, 0.3) is 0 Å². The maximum absolute atomic E-state index is 15.9.